The van der Waals surface area contributed by atoms with Crippen LogP contribution in [0.1, 0.15) is 16.9 Å². The second-order valence-electron chi connectivity index (χ2n) is 4.24. The van der Waals surface area contributed by atoms with Gasteiger partial charge in [-0.2, -0.15) is 0 Å². The third-order valence-electron chi connectivity index (χ3n) is 2.94. The van der Waals surface area contributed by atoms with E-state index in [0.29, 0.717) is 13.0 Å². The Balaban J connectivity index is 1.73. The van der Waals surface area contributed by atoms with Gasteiger partial charge in [-0.05, 0) is 29.5 Å². The lowest BCUT2D eigenvalue weighted by molar-refractivity contribution is -0.116. The number of carbonyl (C=O) groups excluding carboxylic acids is 1. The van der Waals surface area contributed by atoms with E-state index in [1.165, 1.54) is 10.4 Å². The maximum atomic E-state index is 11.3. The van der Waals surface area contributed by atoms with Crippen molar-refractivity contribution in [3.8, 4) is 5.75 Å². The summed E-state index contributed by atoms with van der Waals surface area (Å²) in [5.74, 6) is 0.877. The van der Waals surface area contributed by atoms with Gasteiger partial charge in [0.05, 0.1) is 0 Å². The molecule has 0 atom stereocenters. The number of thiophene rings is 1. The summed E-state index contributed by atoms with van der Waals surface area (Å²) in [5.41, 5.74) is 2.06. The predicted molar refractivity (Wildman–Crippen MR) is 72.0 cm³/mol. The molecule has 0 bridgehead atoms. The summed E-state index contributed by atoms with van der Waals surface area (Å²) in [6, 6.07) is 9.95. The number of rotatable bonds is 3. The van der Waals surface area contributed by atoms with Crippen molar-refractivity contribution in [1.82, 2.24) is 0 Å². The lowest BCUT2D eigenvalue weighted by Gasteiger charge is -2.17. The van der Waals surface area contributed by atoms with E-state index >= 15 is 0 Å². The van der Waals surface area contributed by atoms with Gasteiger partial charge in [-0.3, -0.25) is 4.79 Å². The minimum atomic E-state index is 0.0814. The average Bonchev–Trinajstić information content (AvgIpc) is 2.89. The van der Waals surface area contributed by atoms with E-state index in [1.807, 2.05) is 35.7 Å². The molecule has 1 aliphatic heterocycles. The van der Waals surface area contributed by atoms with Crippen molar-refractivity contribution in [2.75, 3.05) is 5.32 Å². The fraction of sp³-hybridized carbons (Fsp3) is 0.214. The summed E-state index contributed by atoms with van der Waals surface area (Å²) in [7, 11) is 0. The Morgan fingerprint density at radius 2 is 2.22 bits per heavy atom. The zero-order chi connectivity index (χ0) is 12.4. The quantitative estimate of drug-likeness (QED) is 0.919. The smallest absolute Gasteiger partial charge is 0.224 e. The molecule has 0 spiro atoms. The highest BCUT2D eigenvalue weighted by molar-refractivity contribution is 7.09. The summed E-state index contributed by atoms with van der Waals surface area (Å²) in [6.45, 7) is 0.574. The number of hydrogen-bond donors (Lipinski definition) is 1. The minimum absolute atomic E-state index is 0.0814. The molecule has 1 aliphatic rings. The Morgan fingerprint density at radius 1 is 1.28 bits per heavy atom. The number of ether oxygens (including phenoxy) is 1. The molecular weight excluding hydrogens is 246 g/mol. The number of anilines is 1. The minimum Gasteiger partial charge on any atom is -0.488 e. The van der Waals surface area contributed by atoms with Crippen LogP contribution in [0, 0.1) is 0 Å². The van der Waals surface area contributed by atoms with Gasteiger partial charge in [0.15, 0.2) is 0 Å². The molecule has 18 heavy (non-hydrogen) atoms. The third kappa shape index (κ3) is 2.38. The van der Waals surface area contributed by atoms with Gasteiger partial charge < -0.3 is 10.1 Å². The van der Waals surface area contributed by atoms with Crippen molar-refractivity contribution in [2.45, 2.75) is 19.4 Å². The first-order valence-corrected chi connectivity index (χ1v) is 6.77. The van der Waals surface area contributed by atoms with Gasteiger partial charge in [0.1, 0.15) is 12.4 Å². The molecule has 3 rings (SSSR count). The Morgan fingerprint density at radius 3 is 3.06 bits per heavy atom. The Bertz CT molecular complexity index is 563. The van der Waals surface area contributed by atoms with Gasteiger partial charge in [-0.15, -0.1) is 11.3 Å². The highest BCUT2D eigenvalue weighted by atomic mass is 32.1. The van der Waals surface area contributed by atoms with Crippen LogP contribution in [0.3, 0.4) is 0 Å². The number of fused-ring (bicyclic) bond motifs is 1. The van der Waals surface area contributed by atoms with E-state index in [4.69, 9.17) is 4.74 Å². The van der Waals surface area contributed by atoms with Crippen LogP contribution in [-0.4, -0.2) is 5.91 Å². The van der Waals surface area contributed by atoms with Gasteiger partial charge in [-0.1, -0.05) is 12.1 Å². The summed E-state index contributed by atoms with van der Waals surface area (Å²) < 4.78 is 5.71. The Kier molecular flexibility index (Phi) is 3.02. The molecule has 0 saturated heterocycles. The lowest BCUT2D eigenvalue weighted by atomic mass is 10.0. The Hall–Kier alpha value is -1.81. The second kappa shape index (κ2) is 4.82. The number of amides is 1. The topological polar surface area (TPSA) is 38.3 Å². The van der Waals surface area contributed by atoms with E-state index in [0.717, 1.165) is 17.9 Å². The zero-order valence-corrected chi connectivity index (χ0v) is 10.6. The molecule has 4 heteroatoms. The van der Waals surface area contributed by atoms with Crippen molar-refractivity contribution in [2.24, 2.45) is 0 Å². The van der Waals surface area contributed by atoms with Crippen LogP contribution in [0.15, 0.2) is 35.7 Å². The predicted octanol–water partition coefficient (Wildman–Crippen LogP) is 3.21. The maximum Gasteiger partial charge on any atom is 0.224 e. The number of hydrogen-bond acceptors (Lipinski definition) is 3. The molecule has 1 N–H and O–H groups in total. The van der Waals surface area contributed by atoms with Gasteiger partial charge in [-0.25, -0.2) is 0 Å². The fourth-order valence-corrected chi connectivity index (χ4v) is 2.61. The van der Waals surface area contributed by atoms with Gasteiger partial charge in [0.2, 0.25) is 5.91 Å². The van der Waals surface area contributed by atoms with Gasteiger partial charge >= 0.3 is 0 Å². The molecule has 1 aromatic heterocycles. The summed E-state index contributed by atoms with van der Waals surface area (Å²) in [5, 5.41) is 4.91. The second-order valence-corrected chi connectivity index (χ2v) is 5.27. The maximum absolute atomic E-state index is 11.3. The van der Waals surface area contributed by atoms with Crippen molar-refractivity contribution < 1.29 is 9.53 Å². The summed E-state index contributed by atoms with van der Waals surface area (Å²) in [4.78, 5) is 12.5. The monoisotopic (exact) mass is 259 g/mol. The van der Waals surface area contributed by atoms with Crippen LogP contribution in [0.25, 0.3) is 0 Å². The van der Waals surface area contributed by atoms with E-state index in [2.05, 4.69) is 5.32 Å². The third-order valence-corrected chi connectivity index (χ3v) is 3.79. The van der Waals surface area contributed by atoms with Crippen molar-refractivity contribution >= 4 is 22.9 Å². The highest BCUT2D eigenvalue weighted by Gasteiger charge is 2.14. The van der Waals surface area contributed by atoms with Gasteiger partial charge in [0.25, 0.3) is 0 Å². The molecule has 0 fully saturated rings. The lowest BCUT2D eigenvalue weighted by Crippen LogP contribution is -2.18. The molecule has 0 saturated carbocycles. The first-order chi connectivity index (χ1) is 8.81. The molecule has 3 nitrogen and oxygen atoms in total. The molecule has 2 heterocycles. The normalized spacial score (nSPS) is 13.9. The number of aryl methyl sites for hydroxylation is 1. The summed E-state index contributed by atoms with van der Waals surface area (Å²) >= 11 is 1.68. The van der Waals surface area contributed by atoms with Crippen LogP contribution < -0.4 is 10.1 Å². The molecule has 1 aromatic carbocycles. The molecule has 0 unspecified atom stereocenters. The van der Waals surface area contributed by atoms with Gasteiger partial charge in [0, 0.05) is 23.1 Å². The molecular formula is C14H13NO2S. The SMILES string of the molecule is O=C1CCc2ccc(OCc3cccs3)cc2N1. The molecule has 0 aliphatic carbocycles. The number of nitrogens with one attached hydrogen (secondary N) is 1. The van der Waals surface area contributed by atoms with Crippen LogP contribution in [0.5, 0.6) is 5.75 Å². The van der Waals surface area contributed by atoms with E-state index in [-0.39, 0.29) is 5.91 Å². The van der Waals surface area contributed by atoms with Crippen molar-refractivity contribution in [1.29, 1.82) is 0 Å². The summed E-state index contributed by atoms with van der Waals surface area (Å²) in [6.07, 6.45) is 1.38. The van der Waals surface area contributed by atoms with E-state index < -0.39 is 0 Å². The van der Waals surface area contributed by atoms with Crippen molar-refractivity contribution in [3.05, 3.63) is 46.2 Å². The van der Waals surface area contributed by atoms with E-state index in [1.54, 1.807) is 11.3 Å². The fourth-order valence-electron chi connectivity index (χ4n) is 1.99. The van der Waals surface area contributed by atoms with Crippen LogP contribution in [0.4, 0.5) is 5.69 Å². The molecule has 92 valence electrons. The standard InChI is InChI=1S/C14H13NO2S/c16-14-6-4-10-3-5-11(8-13(10)15-14)17-9-12-2-1-7-18-12/h1-3,5,7-8H,4,6,9H2,(H,15,16). The average molecular weight is 259 g/mol. The van der Waals surface area contributed by atoms with Crippen LogP contribution in [-0.2, 0) is 17.8 Å². The van der Waals surface area contributed by atoms with Crippen LogP contribution >= 0.6 is 11.3 Å². The number of carbonyl (C=O) groups is 1. The first kappa shape index (κ1) is 11.3. The molecule has 0 radical (unpaired) electrons. The number of benzene rings is 1. The first-order valence-electron chi connectivity index (χ1n) is 5.89. The van der Waals surface area contributed by atoms with Crippen molar-refractivity contribution in [3.63, 3.8) is 0 Å². The van der Waals surface area contributed by atoms with Crippen LogP contribution in [0.2, 0.25) is 0 Å². The highest BCUT2D eigenvalue weighted by Crippen LogP contribution is 2.27. The van der Waals surface area contributed by atoms with E-state index in [9.17, 15) is 4.79 Å². The Labute approximate surface area is 109 Å². The molecule has 2 aromatic rings. The molecule has 1 amide bonds. The largest absolute Gasteiger partial charge is 0.488 e. The zero-order valence-electron chi connectivity index (χ0n) is 9.81.